The van der Waals surface area contributed by atoms with E-state index in [1.54, 1.807) is 6.92 Å². The first kappa shape index (κ1) is 13.8. The number of benzene rings is 1. The number of hydrogen-bond acceptors (Lipinski definition) is 5. The molecule has 0 amide bonds. The zero-order valence-electron chi connectivity index (χ0n) is 10.3. The molecule has 1 aromatic heterocycles. The molecule has 1 aromatic carbocycles. The van der Waals surface area contributed by atoms with Gasteiger partial charge in [-0.3, -0.25) is 0 Å². The molecule has 0 radical (unpaired) electrons. The summed E-state index contributed by atoms with van der Waals surface area (Å²) < 4.78 is 5.37. The lowest BCUT2D eigenvalue weighted by atomic mass is 10.2. The van der Waals surface area contributed by atoms with Gasteiger partial charge in [-0.1, -0.05) is 11.6 Å². The van der Waals surface area contributed by atoms with Crippen molar-refractivity contribution < 1.29 is 14.6 Å². The second kappa shape index (κ2) is 5.55. The highest BCUT2D eigenvalue weighted by Crippen LogP contribution is 2.28. The molecule has 2 rings (SSSR count). The normalized spacial score (nSPS) is 9.85. The number of aromatic carboxylic acids is 1. The Balaban J connectivity index is 2.33. The van der Waals surface area contributed by atoms with Crippen LogP contribution in [0, 0.1) is 18.3 Å². The second-order valence-corrected chi connectivity index (χ2v) is 4.25. The summed E-state index contributed by atoms with van der Waals surface area (Å²) in [4.78, 5) is 18.7. The first-order valence-electron chi connectivity index (χ1n) is 5.46. The minimum atomic E-state index is -1.09. The van der Waals surface area contributed by atoms with Gasteiger partial charge in [-0.15, -0.1) is 0 Å². The van der Waals surface area contributed by atoms with Crippen LogP contribution in [0.2, 0.25) is 5.02 Å². The lowest BCUT2D eigenvalue weighted by molar-refractivity contribution is 0.0697. The van der Waals surface area contributed by atoms with Crippen LogP contribution in [0.5, 0.6) is 11.8 Å². The first-order chi connectivity index (χ1) is 9.49. The Kier molecular flexibility index (Phi) is 3.82. The van der Waals surface area contributed by atoms with Gasteiger partial charge in [-0.05, 0) is 31.2 Å². The van der Waals surface area contributed by atoms with E-state index in [4.69, 9.17) is 26.7 Å². The summed E-state index contributed by atoms with van der Waals surface area (Å²) in [6.45, 7) is 1.70. The fraction of sp³-hybridized carbons (Fsp3) is 0.0769. The molecule has 1 heterocycles. The molecule has 0 saturated carbocycles. The third-order valence-electron chi connectivity index (χ3n) is 2.33. The van der Waals surface area contributed by atoms with Gasteiger partial charge in [0.25, 0.3) is 0 Å². The molecule has 0 aliphatic rings. The highest BCUT2D eigenvalue weighted by atomic mass is 35.5. The number of carboxylic acid groups (broad SMARTS) is 1. The molecule has 1 N–H and O–H groups in total. The van der Waals surface area contributed by atoms with Crippen LogP contribution in [-0.4, -0.2) is 21.0 Å². The first-order valence-corrected chi connectivity index (χ1v) is 5.84. The minimum absolute atomic E-state index is 0.0217. The Labute approximate surface area is 119 Å². The Morgan fingerprint density at radius 1 is 1.40 bits per heavy atom. The van der Waals surface area contributed by atoms with Crippen LogP contribution in [0.15, 0.2) is 24.3 Å². The summed E-state index contributed by atoms with van der Waals surface area (Å²) in [6.07, 6.45) is 0. The van der Waals surface area contributed by atoms with Crippen molar-refractivity contribution in [1.29, 1.82) is 5.26 Å². The molecule has 100 valence electrons. The van der Waals surface area contributed by atoms with Crippen molar-refractivity contribution in [3.05, 3.63) is 46.2 Å². The van der Waals surface area contributed by atoms with Crippen LogP contribution in [0.3, 0.4) is 0 Å². The molecule has 0 spiro atoms. The van der Waals surface area contributed by atoms with Crippen LogP contribution in [-0.2, 0) is 0 Å². The van der Waals surface area contributed by atoms with Gasteiger partial charge >= 0.3 is 12.0 Å². The third kappa shape index (κ3) is 3.02. The molecule has 2 aromatic rings. The summed E-state index contributed by atoms with van der Waals surface area (Å²) in [5, 5.41) is 17.8. The summed E-state index contributed by atoms with van der Waals surface area (Å²) in [6, 6.07) is 7.41. The number of nitrogens with zero attached hydrogens (tertiary/aromatic N) is 3. The van der Waals surface area contributed by atoms with E-state index >= 15 is 0 Å². The van der Waals surface area contributed by atoms with Crippen molar-refractivity contribution in [3.8, 4) is 17.8 Å². The predicted octanol–water partition coefficient (Wildman–Crippen LogP) is 2.80. The van der Waals surface area contributed by atoms with Crippen molar-refractivity contribution in [3.63, 3.8) is 0 Å². The molecule has 7 heteroatoms. The molecule has 0 unspecified atom stereocenters. The highest BCUT2D eigenvalue weighted by Gasteiger charge is 2.11. The lowest BCUT2D eigenvalue weighted by Gasteiger charge is -2.07. The third-order valence-corrected chi connectivity index (χ3v) is 2.62. The maximum Gasteiger partial charge on any atom is 0.335 e. The summed E-state index contributed by atoms with van der Waals surface area (Å²) in [5.74, 6) is -0.872. The van der Waals surface area contributed by atoms with E-state index in [0.717, 1.165) is 0 Å². The van der Waals surface area contributed by atoms with Crippen molar-refractivity contribution >= 4 is 17.6 Å². The second-order valence-electron chi connectivity index (χ2n) is 3.84. The van der Waals surface area contributed by atoms with E-state index in [-0.39, 0.29) is 28.0 Å². The lowest BCUT2D eigenvalue weighted by Crippen LogP contribution is -1.99. The topological polar surface area (TPSA) is 96.1 Å². The zero-order chi connectivity index (χ0) is 14.7. The standard InChI is InChI=1S/C13H8ClN3O3/c1-7-4-9(6-15)17-13(16-7)20-11-3-2-8(12(18)19)5-10(11)14/h2-5H,1H3,(H,18,19). The Morgan fingerprint density at radius 3 is 2.75 bits per heavy atom. The van der Waals surface area contributed by atoms with Crippen LogP contribution in [0.25, 0.3) is 0 Å². The summed E-state index contributed by atoms with van der Waals surface area (Å²) >= 11 is 5.93. The predicted molar refractivity (Wildman–Crippen MR) is 70.0 cm³/mol. The van der Waals surface area contributed by atoms with E-state index in [0.29, 0.717) is 5.69 Å². The maximum atomic E-state index is 10.8. The number of rotatable bonds is 3. The van der Waals surface area contributed by atoms with Crippen molar-refractivity contribution in [2.24, 2.45) is 0 Å². The van der Waals surface area contributed by atoms with Gasteiger partial charge in [0.15, 0.2) is 0 Å². The fourth-order valence-corrected chi connectivity index (χ4v) is 1.68. The molecule has 0 saturated heterocycles. The Bertz CT molecular complexity index is 725. The smallest absolute Gasteiger partial charge is 0.335 e. The van der Waals surface area contributed by atoms with Crippen molar-refractivity contribution in [2.45, 2.75) is 6.92 Å². The largest absolute Gasteiger partial charge is 0.478 e. The van der Waals surface area contributed by atoms with Gasteiger partial charge < -0.3 is 9.84 Å². The number of nitriles is 1. The number of ether oxygens (including phenoxy) is 1. The monoisotopic (exact) mass is 289 g/mol. The molecule has 0 bridgehead atoms. The van der Waals surface area contributed by atoms with Crippen LogP contribution >= 0.6 is 11.6 Å². The Hall–Kier alpha value is -2.65. The van der Waals surface area contributed by atoms with Crippen LogP contribution < -0.4 is 4.74 Å². The fourth-order valence-electron chi connectivity index (χ4n) is 1.46. The summed E-state index contributed by atoms with van der Waals surface area (Å²) in [5.41, 5.74) is 0.792. The van der Waals surface area contributed by atoms with E-state index in [1.807, 2.05) is 6.07 Å². The highest BCUT2D eigenvalue weighted by molar-refractivity contribution is 6.32. The van der Waals surface area contributed by atoms with Gasteiger partial charge in [0.05, 0.1) is 10.6 Å². The summed E-state index contributed by atoms with van der Waals surface area (Å²) in [7, 11) is 0. The van der Waals surface area contributed by atoms with Crippen molar-refractivity contribution in [1.82, 2.24) is 9.97 Å². The van der Waals surface area contributed by atoms with E-state index < -0.39 is 5.97 Å². The molecule has 0 atom stereocenters. The van der Waals surface area contributed by atoms with Gasteiger partial charge in [-0.25, -0.2) is 9.78 Å². The molecule has 0 aliphatic heterocycles. The number of aromatic nitrogens is 2. The molecule has 0 fully saturated rings. The van der Waals surface area contributed by atoms with Gasteiger partial charge in [0.1, 0.15) is 17.5 Å². The number of carboxylic acids is 1. The number of hydrogen-bond donors (Lipinski definition) is 1. The molecular weight excluding hydrogens is 282 g/mol. The van der Waals surface area contributed by atoms with E-state index in [9.17, 15) is 4.79 Å². The van der Waals surface area contributed by atoms with Crippen molar-refractivity contribution in [2.75, 3.05) is 0 Å². The van der Waals surface area contributed by atoms with Gasteiger partial charge in [-0.2, -0.15) is 10.2 Å². The average Bonchev–Trinajstić information content (AvgIpc) is 2.40. The number of halogens is 1. The van der Waals surface area contributed by atoms with Crippen LogP contribution in [0.4, 0.5) is 0 Å². The van der Waals surface area contributed by atoms with Gasteiger partial charge in [0.2, 0.25) is 0 Å². The van der Waals surface area contributed by atoms with Crippen LogP contribution in [0.1, 0.15) is 21.7 Å². The average molecular weight is 290 g/mol. The Morgan fingerprint density at radius 2 is 2.15 bits per heavy atom. The molecule has 20 heavy (non-hydrogen) atoms. The minimum Gasteiger partial charge on any atom is -0.478 e. The zero-order valence-corrected chi connectivity index (χ0v) is 11.0. The quantitative estimate of drug-likeness (QED) is 0.933. The maximum absolute atomic E-state index is 10.8. The van der Waals surface area contributed by atoms with E-state index in [2.05, 4.69) is 9.97 Å². The molecule has 0 aliphatic carbocycles. The molecule has 6 nitrogen and oxygen atoms in total. The molecular formula is C13H8ClN3O3. The SMILES string of the molecule is Cc1cc(C#N)nc(Oc2ccc(C(=O)O)cc2Cl)n1. The van der Waals surface area contributed by atoms with Gasteiger partial charge in [0, 0.05) is 5.69 Å². The number of carbonyl (C=O) groups is 1. The number of aryl methyl sites for hydroxylation is 1. The van der Waals surface area contributed by atoms with E-state index in [1.165, 1.54) is 24.3 Å².